The van der Waals surface area contributed by atoms with Crippen molar-refractivity contribution < 1.29 is 73.3 Å². The maximum absolute atomic E-state index is 14.8. The van der Waals surface area contributed by atoms with E-state index < -0.39 is 89.7 Å². The van der Waals surface area contributed by atoms with Crippen molar-refractivity contribution in [1.29, 1.82) is 0 Å². The number of hydrogen-bond donors (Lipinski definition) is 2. The van der Waals surface area contributed by atoms with Crippen LogP contribution in [0.4, 0.5) is 20.2 Å². The first kappa shape index (κ1) is 56.1. The number of nitrogens with zero attached hydrogens (tertiary/aromatic N) is 4. The van der Waals surface area contributed by atoms with Gasteiger partial charge >= 0.3 is 0 Å². The van der Waals surface area contributed by atoms with E-state index in [2.05, 4.69) is 15.3 Å². The Kier molecular flexibility index (Phi) is 17.7. The number of anilines is 2. The summed E-state index contributed by atoms with van der Waals surface area (Å²) in [5, 5.41) is 2.44. The lowest BCUT2D eigenvalue weighted by atomic mass is 10.1. The first-order chi connectivity index (χ1) is 33.4. The van der Waals surface area contributed by atoms with E-state index in [0.717, 1.165) is 37.5 Å². The quantitative estimate of drug-likeness (QED) is 0.0723. The van der Waals surface area contributed by atoms with Gasteiger partial charge in [-0.3, -0.25) is 38.6 Å². The number of nitrogens with two attached hydrogens (primary N) is 1. The summed E-state index contributed by atoms with van der Waals surface area (Å²) in [6.07, 6.45) is 5.35. The number of nitrogens with one attached hydrogen (secondary N) is 1. The molecule has 3 N–H and O–H groups in total. The van der Waals surface area contributed by atoms with Crippen LogP contribution in [0.25, 0.3) is 0 Å². The number of ether oxygens (including phenoxy) is 4. The van der Waals surface area contributed by atoms with Gasteiger partial charge < -0.3 is 30.0 Å². The van der Waals surface area contributed by atoms with Gasteiger partial charge in [0, 0.05) is 30.0 Å². The van der Waals surface area contributed by atoms with Gasteiger partial charge in [-0.1, -0.05) is 7.43 Å². The molecule has 2 aliphatic heterocycles. The van der Waals surface area contributed by atoms with E-state index in [9.17, 15) is 54.4 Å². The lowest BCUT2D eigenvalue weighted by molar-refractivity contribution is -0.117. The Morgan fingerprint density at radius 3 is 1.44 bits per heavy atom. The molecular formula is C47H53ClF2N6O14S2. The van der Waals surface area contributed by atoms with Gasteiger partial charge in [0.1, 0.15) is 31.3 Å². The average Bonchev–Trinajstić information content (AvgIpc) is 4.24. The fraction of sp³-hybridized carbons (Fsp3) is 0.404. The Morgan fingerprint density at radius 2 is 1.08 bits per heavy atom. The molecule has 4 aliphatic rings. The minimum absolute atomic E-state index is 0. The first-order valence-electron chi connectivity index (χ1n) is 21.8. The molecule has 2 aromatic carbocycles. The highest BCUT2D eigenvalue weighted by atomic mass is 35.5. The highest BCUT2D eigenvalue weighted by molar-refractivity contribution is 7.90. The summed E-state index contributed by atoms with van der Waals surface area (Å²) in [7, 11) is -4.63. The van der Waals surface area contributed by atoms with Crippen LogP contribution in [0.3, 0.4) is 0 Å². The minimum atomic E-state index is -3.75. The molecule has 2 aliphatic carbocycles. The van der Waals surface area contributed by atoms with Gasteiger partial charge in [-0.15, -0.1) is 0 Å². The molecule has 388 valence electrons. The number of methoxy groups -OCH3 is 2. The van der Waals surface area contributed by atoms with Crippen LogP contribution >= 0.6 is 11.6 Å². The number of carbonyl (C=O) groups is 6. The van der Waals surface area contributed by atoms with Crippen molar-refractivity contribution in [3.05, 3.63) is 93.8 Å². The SMILES string of the molecule is C.CCOc1nc(C(CS(C)(=O)=O)N2C(=O)c3c(F)ccc(NC(=O)C4CC4)c3C2=O)ccc1OC.CCOc1nc(C(CS(C)(=O)=O)N2C(=O)c3c(N)ccc(F)c3C2=O)ccc1OC.O=C(Cl)C1CC1. The highest BCUT2D eigenvalue weighted by Gasteiger charge is 2.47. The number of fused-ring (bicyclic) bond motifs is 2. The zero-order chi connectivity index (χ0) is 52.3. The molecule has 0 bridgehead atoms. The molecule has 2 unspecified atom stereocenters. The highest BCUT2D eigenvalue weighted by Crippen LogP contribution is 2.41. The second-order valence-electron chi connectivity index (χ2n) is 16.6. The van der Waals surface area contributed by atoms with Crippen LogP contribution in [0.15, 0.2) is 48.5 Å². The second kappa shape index (κ2) is 22.7. The number of benzene rings is 2. The van der Waals surface area contributed by atoms with E-state index >= 15 is 0 Å². The van der Waals surface area contributed by atoms with Crippen LogP contribution in [0.2, 0.25) is 0 Å². The van der Waals surface area contributed by atoms with Crippen molar-refractivity contribution in [3.63, 3.8) is 0 Å². The van der Waals surface area contributed by atoms with Gasteiger partial charge in [0.25, 0.3) is 35.4 Å². The fourth-order valence-corrected chi connectivity index (χ4v) is 9.48. The number of nitrogen functional groups attached to an aromatic ring is 1. The average molecular weight is 1060 g/mol. The fourth-order valence-electron chi connectivity index (χ4n) is 7.47. The molecule has 4 heterocycles. The van der Waals surface area contributed by atoms with Crippen molar-refractivity contribution in [3.8, 4) is 23.3 Å². The largest absolute Gasteiger partial charge is 0.491 e. The summed E-state index contributed by atoms with van der Waals surface area (Å²) in [5.41, 5.74) is 4.18. The maximum Gasteiger partial charge on any atom is 0.265 e. The van der Waals surface area contributed by atoms with Gasteiger partial charge in [0.05, 0.1) is 90.4 Å². The molecule has 2 aromatic heterocycles. The monoisotopic (exact) mass is 1060 g/mol. The third-order valence-electron chi connectivity index (χ3n) is 11.1. The molecule has 2 fully saturated rings. The van der Waals surface area contributed by atoms with Crippen LogP contribution in [0.5, 0.6) is 23.3 Å². The topological polar surface area (TPSA) is 278 Å². The molecule has 2 atom stereocenters. The standard InChI is InChI=1S/C23H24FN3O7S.C19H20FN3O6S.C4H5ClO.CH4/c1-4-34-21-17(33-2)10-9-14(26-21)16(11-35(3,31)32)27-22(29)18-13(24)7-8-15(19(18)23(27)30)25-20(28)12-5-6-12;1-4-29-17-14(28-2)8-7-12(22-17)13(9-30(3,26)27)23-18(24)15-10(20)5-6-11(21)16(15)19(23)25;5-4(6)3-1-2-3;/h7-10,12,16H,4-6,11H2,1-3H3,(H,25,28);5-8,13H,4,9,21H2,1-3H3;3H,1-2H2;1H4. The molecular weight excluding hydrogens is 1010 g/mol. The number of carbonyl (C=O) groups excluding carboxylic acids is 6. The van der Waals surface area contributed by atoms with Crippen molar-refractivity contribution in [2.45, 2.75) is 59.0 Å². The Hall–Kier alpha value is -6.79. The lowest BCUT2D eigenvalue weighted by Gasteiger charge is -2.26. The summed E-state index contributed by atoms with van der Waals surface area (Å²) in [6.45, 7) is 3.91. The molecule has 72 heavy (non-hydrogen) atoms. The molecule has 20 nitrogen and oxygen atoms in total. The van der Waals surface area contributed by atoms with Crippen LogP contribution in [-0.4, -0.2) is 123 Å². The summed E-state index contributed by atoms with van der Waals surface area (Å²) < 4.78 is 99.1. The predicted molar refractivity (Wildman–Crippen MR) is 259 cm³/mol. The normalized spacial score (nSPS) is 15.7. The van der Waals surface area contributed by atoms with Crippen LogP contribution in [0.1, 0.15) is 112 Å². The Labute approximate surface area is 419 Å². The Bertz CT molecular complexity index is 3000. The van der Waals surface area contributed by atoms with E-state index in [4.69, 9.17) is 36.3 Å². The molecule has 5 amide bonds. The Balaban J connectivity index is 0.000000238. The number of pyridine rings is 2. The van der Waals surface area contributed by atoms with E-state index in [1.54, 1.807) is 13.8 Å². The van der Waals surface area contributed by atoms with E-state index in [1.165, 1.54) is 50.6 Å². The van der Waals surface area contributed by atoms with E-state index in [-0.39, 0.29) is 101 Å². The number of hydrogen-bond acceptors (Lipinski definition) is 17. The van der Waals surface area contributed by atoms with Crippen molar-refractivity contribution >= 4 is 77.4 Å². The van der Waals surface area contributed by atoms with Crippen LogP contribution in [0, 0.1) is 23.5 Å². The molecule has 0 spiro atoms. The van der Waals surface area contributed by atoms with Gasteiger partial charge in [0.15, 0.2) is 11.5 Å². The summed E-state index contributed by atoms with van der Waals surface area (Å²) in [6, 6.07) is 7.44. The zero-order valence-corrected chi connectivity index (χ0v) is 41.5. The van der Waals surface area contributed by atoms with Crippen molar-refractivity contribution in [1.82, 2.24) is 19.8 Å². The van der Waals surface area contributed by atoms with Crippen molar-refractivity contribution in [2.24, 2.45) is 11.8 Å². The maximum atomic E-state index is 14.8. The molecule has 0 radical (unpaired) electrons. The van der Waals surface area contributed by atoms with Gasteiger partial charge in [0.2, 0.25) is 11.1 Å². The number of halogens is 3. The summed E-state index contributed by atoms with van der Waals surface area (Å²) >= 11 is 5.04. The van der Waals surface area contributed by atoms with Gasteiger partial charge in [-0.2, -0.15) is 0 Å². The zero-order valence-electron chi connectivity index (χ0n) is 39.1. The third kappa shape index (κ3) is 12.6. The van der Waals surface area contributed by atoms with E-state index in [0.29, 0.717) is 22.6 Å². The van der Waals surface area contributed by atoms with Crippen LogP contribution < -0.4 is 30.0 Å². The molecule has 0 saturated heterocycles. The summed E-state index contributed by atoms with van der Waals surface area (Å²) in [4.78, 5) is 84.9. The van der Waals surface area contributed by atoms with Gasteiger partial charge in [-0.05, 0) is 99.7 Å². The number of amides is 5. The van der Waals surface area contributed by atoms with Gasteiger partial charge in [-0.25, -0.2) is 35.6 Å². The summed E-state index contributed by atoms with van der Waals surface area (Å²) in [5.74, 6) is -6.61. The smallest absolute Gasteiger partial charge is 0.265 e. The number of rotatable bonds is 17. The number of aromatic nitrogens is 2. The number of sulfone groups is 2. The second-order valence-corrected chi connectivity index (χ2v) is 21.3. The lowest BCUT2D eigenvalue weighted by Crippen LogP contribution is -2.38. The molecule has 2 saturated carbocycles. The van der Waals surface area contributed by atoms with Crippen molar-refractivity contribution in [2.75, 3.05) is 62.5 Å². The predicted octanol–water partition coefficient (Wildman–Crippen LogP) is 5.75. The van der Waals surface area contributed by atoms with E-state index in [1.807, 2.05) is 0 Å². The minimum Gasteiger partial charge on any atom is -0.491 e. The third-order valence-corrected chi connectivity index (χ3v) is 13.3. The van der Waals surface area contributed by atoms with Crippen LogP contribution in [-0.2, 0) is 29.3 Å². The molecule has 25 heteroatoms. The Morgan fingerprint density at radius 1 is 0.681 bits per heavy atom. The number of imide groups is 2. The molecule has 4 aromatic rings. The first-order valence-corrected chi connectivity index (χ1v) is 26.3. The molecule has 8 rings (SSSR count).